The van der Waals surface area contributed by atoms with Crippen molar-refractivity contribution in [2.75, 3.05) is 13.1 Å². The highest BCUT2D eigenvalue weighted by Crippen LogP contribution is 2.38. The zero-order valence-corrected chi connectivity index (χ0v) is 12.9. The zero-order valence-electron chi connectivity index (χ0n) is 12.9. The van der Waals surface area contributed by atoms with Gasteiger partial charge < -0.3 is 9.88 Å². The normalized spacial score (nSPS) is 21.4. The van der Waals surface area contributed by atoms with Crippen molar-refractivity contribution in [3.63, 3.8) is 0 Å². The van der Waals surface area contributed by atoms with Gasteiger partial charge in [0.15, 0.2) is 0 Å². The van der Waals surface area contributed by atoms with Gasteiger partial charge in [-0.25, -0.2) is 0 Å². The fraction of sp³-hybridized carbons (Fsp3) is 0.471. The smallest absolute Gasteiger partial charge is 0.261 e. The van der Waals surface area contributed by atoms with Crippen LogP contribution in [-0.2, 0) is 0 Å². The molecule has 0 radical (unpaired) electrons. The van der Waals surface area contributed by atoms with E-state index in [2.05, 4.69) is 15.2 Å². The van der Waals surface area contributed by atoms with Gasteiger partial charge in [0.1, 0.15) is 5.56 Å². The first kappa shape index (κ1) is 14.2. The van der Waals surface area contributed by atoms with E-state index < -0.39 is 0 Å². The lowest BCUT2D eigenvalue weighted by molar-refractivity contribution is 0.0704. The van der Waals surface area contributed by atoms with Crippen LogP contribution in [0.2, 0.25) is 0 Å². The maximum absolute atomic E-state index is 12.7. The highest BCUT2D eigenvalue weighted by atomic mass is 16.2. The van der Waals surface area contributed by atoms with Gasteiger partial charge in [-0.1, -0.05) is 0 Å². The summed E-state index contributed by atoms with van der Waals surface area (Å²) in [6.07, 6.45) is 5.95. The molecule has 2 aromatic rings. The summed E-state index contributed by atoms with van der Waals surface area (Å²) in [6, 6.07) is 5.53. The molecule has 4 rings (SSSR count). The van der Waals surface area contributed by atoms with E-state index in [1.54, 1.807) is 17.2 Å². The molecule has 2 N–H and O–H groups in total. The molecule has 1 amide bonds. The third kappa shape index (κ3) is 2.81. The average molecular weight is 312 g/mol. The van der Waals surface area contributed by atoms with Gasteiger partial charge in [0.05, 0.1) is 0 Å². The van der Waals surface area contributed by atoms with Crippen molar-refractivity contribution in [3.05, 3.63) is 51.7 Å². The van der Waals surface area contributed by atoms with E-state index in [1.165, 1.54) is 0 Å². The minimum Gasteiger partial charge on any atom is -0.338 e. The summed E-state index contributed by atoms with van der Waals surface area (Å²) in [5.41, 5.74) is 2.00. The van der Waals surface area contributed by atoms with Gasteiger partial charge >= 0.3 is 0 Å². The van der Waals surface area contributed by atoms with Crippen LogP contribution in [0.25, 0.3) is 0 Å². The summed E-state index contributed by atoms with van der Waals surface area (Å²) < 4.78 is 0. The fourth-order valence-corrected chi connectivity index (χ4v) is 3.37. The Balaban J connectivity index is 1.53. The lowest BCUT2D eigenvalue weighted by atomic mass is 9.94. The van der Waals surface area contributed by atoms with Crippen LogP contribution in [0.3, 0.4) is 0 Å². The van der Waals surface area contributed by atoms with Crippen LogP contribution in [0.5, 0.6) is 0 Å². The molecule has 6 heteroatoms. The fourth-order valence-electron chi connectivity index (χ4n) is 3.37. The average Bonchev–Trinajstić information content (AvgIpc) is 3.28. The van der Waals surface area contributed by atoms with Crippen molar-refractivity contribution in [1.82, 2.24) is 20.1 Å². The number of H-pyrrole nitrogens is 2. The Labute approximate surface area is 133 Å². The summed E-state index contributed by atoms with van der Waals surface area (Å²) >= 11 is 0. The first-order chi connectivity index (χ1) is 11.2. The number of carbonyl (C=O) groups excluding carboxylic acids is 1. The topological polar surface area (TPSA) is 81.8 Å². The van der Waals surface area contributed by atoms with E-state index in [0.717, 1.165) is 37.1 Å². The molecule has 6 nitrogen and oxygen atoms in total. The van der Waals surface area contributed by atoms with Gasteiger partial charge in [-0.05, 0) is 49.8 Å². The second kappa shape index (κ2) is 5.68. The number of hydrogen-bond donors (Lipinski definition) is 2. The molecular formula is C17H20N4O2. The molecule has 1 saturated heterocycles. The molecule has 2 aromatic heterocycles. The standard InChI is InChI=1S/C17H20N4O2/c22-16-13(5-6-14(19-16)11-3-4-11)17(23)21-9-1-2-12(10-21)15-7-8-18-20-15/h5-8,11-12H,1-4,9-10H2,(H,18,20)(H,19,22). The van der Waals surface area contributed by atoms with Crippen LogP contribution in [-0.4, -0.2) is 39.1 Å². The molecule has 0 bridgehead atoms. The monoisotopic (exact) mass is 312 g/mol. The Hall–Kier alpha value is -2.37. The van der Waals surface area contributed by atoms with E-state index in [4.69, 9.17) is 0 Å². The number of likely N-dealkylation sites (tertiary alicyclic amines) is 1. The molecule has 3 heterocycles. The molecule has 1 unspecified atom stereocenters. The first-order valence-corrected chi connectivity index (χ1v) is 8.24. The van der Waals surface area contributed by atoms with Crippen LogP contribution in [0.1, 0.15) is 59.3 Å². The van der Waals surface area contributed by atoms with Crippen molar-refractivity contribution >= 4 is 5.91 Å². The molecule has 1 saturated carbocycles. The second-order valence-electron chi connectivity index (χ2n) is 6.53. The Morgan fingerprint density at radius 3 is 2.70 bits per heavy atom. The first-order valence-electron chi connectivity index (χ1n) is 8.24. The number of pyridine rings is 1. The summed E-state index contributed by atoms with van der Waals surface area (Å²) in [5.74, 6) is 0.574. The van der Waals surface area contributed by atoms with E-state index in [-0.39, 0.29) is 22.9 Å². The Kier molecular flexibility index (Phi) is 3.52. The summed E-state index contributed by atoms with van der Waals surface area (Å²) in [5, 5.41) is 6.98. The van der Waals surface area contributed by atoms with E-state index in [1.807, 2.05) is 12.1 Å². The number of nitrogens with one attached hydrogen (secondary N) is 2. The number of carbonyl (C=O) groups is 1. The molecule has 1 atom stereocenters. The predicted octanol–water partition coefficient (Wildman–Crippen LogP) is 2.00. The molecule has 0 spiro atoms. The Morgan fingerprint density at radius 1 is 1.13 bits per heavy atom. The Morgan fingerprint density at radius 2 is 2.00 bits per heavy atom. The van der Waals surface area contributed by atoms with Crippen molar-refractivity contribution in [1.29, 1.82) is 0 Å². The van der Waals surface area contributed by atoms with Crippen LogP contribution in [0, 0.1) is 0 Å². The maximum atomic E-state index is 12.7. The third-order valence-electron chi connectivity index (χ3n) is 4.85. The lowest BCUT2D eigenvalue weighted by Gasteiger charge is -2.32. The van der Waals surface area contributed by atoms with Gasteiger partial charge in [-0.3, -0.25) is 14.7 Å². The molecule has 1 aliphatic heterocycles. The zero-order chi connectivity index (χ0) is 15.8. The summed E-state index contributed by atoms with van der Waals surface area (Å²) in [6.45, 7) is 1.33. The van der Waals surface area contributed by atoms with Gasteiger partial charge in [-0.2, -0.15) is 5.10 Å². The molecule has 120 valence electrons. The highest BCUT2D eigenvalue weighted by molar-refractivity contribution is 5.94. The number of amides is 1. The lowest BCUT2D eigenvalue weighted by Crippen LogP contribution is -2.41. The number of hydrogen-bond acceptors (Lipinski definition) is 3. The quantitative estimate of drug-likeness (QED) is 0.909. The van der Waals surface area contributed by atoms with E-state index in [9.17, 15) is 9.59 Å². The van der Waals surface area contributed by atoms with Crippen LogP contribution in [0.15, 0.2) is 29.2 Å². The number of piperidine rings is 1. The van der Waals surface area contributed by atoms with Gasteiger partial charge in [-0.15, -0.1) is 0 Å². The van der Waals surface area contributed by atoms with Crippen molar-refractivity contribution in [3.8, 4) is 0 Å². The van der Waals surface area contributed by atoms with Gasteiger partial charge in [0.2, 0.25) is 0 Å². The SMILES string of the molecule is O=C(c1ccc(C2CC2)[nH]c1=O)N1CCCC(c2ccn[nH]2)C1. The molecule has 2 aliphatic rings. The highest BCUT2D eigenvalue weighted by Gasteiger charge is 2.29. The summed E-state index contributed by atoms with van der Waals surface area (Å²) in [7, 11) is 0. The minimum atomic E-state index is -0.261. The molecule has 1 aliphatic carbocycles. The van der Waals surface area contributed by atoms with Crippen molar-refractivity contribution < 1.29 is 4.79 Å². The van der Waals surface area contributed by atoms with Crippen molar-refractivity contribution in [2.24, 2.45) is 0 Å². The third-order valence-corrected chi connectivity index (χ3v) is 4.85. The predicted molar refractivity (Wildman–Crippen MR) is 85.5 cm³/mol. The van der Waals surface area contributed by atoms with E-state index >= 15 is 0 Å². The number of nitrogens with zero attached hydrogens (tertiary/aromatic N) is 2. The molecule has 0 aromatic carbocycles. The van der Waals surface area contributed by atoms with Gasteiger partial charge in [0.25, 0.3) is 11.5 Å². The van der Waals surface area contributed by atoms with Crippen molar-refractivity contribution in [2.45, 2.75) is 37.5 Å². The van der Waals surface area contributed by atoms with Crippen LogP contribution >= 0.6 is 0 Å². The van der Waals surface area contributed by atoms with Crippen LogP contribution < -0.4 is 5.56 Å². The largest absolute Gasteiger partial charge is 0.338 e. The summed E-state index contributed by atoms with van der Waals surface area (Å²) in [4.78, 5) is 29.6. The van der Waals surface area contributed by atoms with Crippen LogP contribution in [0.4, 0.5) is 0 Å². The molecule has 23 heavy (non-hydrogen) atoms. The Bertz CT molecular complexity index is 761. The number of aromatic amines is 2. The number of aromatic nitrogens is 3. The molecule has 2 fully saturated rings. The van der Waals surface area contributed by atoms with E-state index in [0.29, 0.717) is 19.0 Å². The second-order valence-corrected chi connectivity index (χ2v) is 6.53. The van der Waals surface area contributed by atoms with Gasteiger partial charge in [0, 0.05) is 36.6 Å². The maximum Gasteiger partial charge on any atom is 0.261 e. The number of rotatable bonds is 3. The minimum absolute atomic E-state index is 0.169. The molecular weight excluding hydrogens is 292 g/mol.